The minimum Gasteiger partial charge on any atom is -0.474 e. The van der Waals surface area contributed by atoms with Gasteiger partial charge in [-0.25, -0.2) is 9.18 Å². The van der Waals surface area contributed by atoms with Crippen LogP contribution in [-0.2, 0) is 9.47 Å². The van der Waals surface area contributed by atoms with Gasteiger partial charge in [-0.05, 0) is 42.5 Å². The number of amides is 2. The third kappa shape index (κ3) is 4.78. The van der Waals surface area contributed by atoms with Gasteiger partial charge in [0.2, 0.25) is 0 Å². The highest BCUT2D eigenvalue weighted by Crippen LogP contribution is 2.29. The first-order valence-corrected chi connectivity index (χ1v) is 12.1. The first-order chi connectivity index (χ1) is 17.4. The average Bonchev–Trinajstić information content (AvgIpc) is 3.50. The van der Waals surface area contributed by atoms with Gasteiger partial charge < -0.3 is 29.6 Å². The molecule has 2 aromatic carbocycles. The zero-order chi connectivity index (χ0) is 25.2. The Hall–Kier alpha value is -3.86. The highest BCUT2D eigenvalue weighted by molar-refractivity contribution is 7.80. The summed E-state index contributed by atoms with van der Waals surface area (Å²) >= 11 is 4.93. The van der Waals surface area contributed by atoms with Gasteiger partial charge in [-0.3, -0.25) is 9.69 Å². The highest BCUT2D eigenvalue weighted by atomic mass is 32.1. The van der Waals surface area contributed by atoms with Gasteiger partial charge in [-0.1, -0.05) is 18.2 Å². The Labute approximate surface area is 212 Å². The van der Waals surface area contributed by atoms with Crippen molar-refractivity contribution in [2.24, 2.45) is 0 Å². The lowest BCUT2D eigenvalue weighted by Gasteiger charge is -2.36. The fraction of sp³-hybridized carbons (Fsp3) is 0.320. The molecular formula is C25H26FN5O4S. The number of nitrogens with zero attached hydrogens (tertiary/aromatic N) is 3. The summed E-state index contributed by atoms with van der Waals surface area (Å²) in [6.45, 7) is 2.53. The molecule has 0 bridgehead atoms. The summed E-state index contributed by atoms with van der Waals surface area (Å²) in [5.41, 5.74) is 2.33. The number of piperazine rings is 1. The Morgan fingerprint density at radius 3 is 2.69 bits per heavy atom. The van der Waals surface area contributed by atoms with E-state index in [9.17, 15) is 9.59 Å². The van der Waals surface area contributed by atoms with E-state index in [2.05, 4.69) is 10.3 Å². The second-order valence-corrected chi connectivity index (χ2v) is 9.04. The molecule has 0 radical (unpaired) electrons. The van der Waals surface area contributed by atoms with Gasteiger partial charge in [0.1, 0.15) is 17.6 Å². The van der Waals surface area contributed by atoms with Crippen LogP contribution in [0.25, 0.3) is 10.9 Å². The van der Waals surface area contributed by atoms with Gasteiger partial charge in [-0.15, -0.1) is 0 Å². The molecule has 9 nitrogen and oxygen atoms in total. The minimum absolute atomic E-state index is 0.0653. The Balaban J connectivity index is 1.20. The lowest BCUT2D eigenvalue weighted by molar-refractivity contribution is 0.0741. The summed E-state index contributed by atoms with van der Waals surface area (Å²) in [4.78, 5) is 33.5. The van der Waals surface area contributed by atoms with Crippen LogP contribution < -0.4 is 15.1 Å². The van der Waals surface area contributed by atoms with E-state index in [1.807, 2.05) is 35.2 Å². The number of anilines is 2. The van der Waals surface area contributed by atoms with Crippen molar-refractivity contribution in [2.45, 2.75) is 6.10 Å². The van der Waals surface area contributed by atoms with Crippen LogP contribution in [0.15, 0.2) is 48.5 Å². The predicted octanol–water partition coefficient (Wildman–Crippen LogP) is 3.12. The monoisotopic (exact) mass is 511 g/mol. The molecule has 36 heavy (non-hydrogen) atoms. The maximum absolute atomic E-state index is 15.1. The molecule has 3 aromatic rings. The number of carbonyl (C=O) groups is 2. The number of ether oxygens (including phenoxy) is 2. The maximum atomic E-state index is 15.1. The van der Waals surface area contributed by atoms with E-state index in [-0.39, 0.29) is 17.6 Å². The topological polar surface area (TPSA) is 90.1 Å². The van der Waals surface area contributed by atoms with Crippen molar-refractivity contribution in [3.8, 4) is 0 Å². The van der Waals surface area contributed by atoms with Crippen molar-refractivity contribution < 1.29 is 23.5 Å². The molecule has 2 aliphatic heterocycles. The molecule has 0 aliphatic carbocycles. The molecule has 2 N–H and O–H groups in total. The van der Waals surface area contributed by atoms with E-state index in [0.717, 1.165) is 10.9 Å². The lowest BCUT2D eigenvalue weighted by Crippen LogP contribution is -2.49. The van der Waals surface area contributed by atoms with Gasteiger partial charge in [0, 0.05) is 37.1 Å². The number of cyclic esters (lactones) is 1. The van der Waals surface area contributed by atoms with Crippen molar-refractivity contribution in [3.63, 3.8) is 0 Å². The number of thiocarbonyl (C=S) groups is 1. The molecule has 1 atom stereocenters. The number of para-hydroxylation sites is 1. The number of hydrogen-bond acceptors (Lipinski definition) is 6. The number of rotatable bonds is 5. The average molecular weight is 512 g/mol. The Morgan fingerprint density at radius 2 is 1.97 bits per heavy atom. The van der Waals surface area contributed by atoms with Crippen LogP contribution in [-0.4, -0.2) is 79.5 Å². The van der Waals surface area contributed by atoms with Crippen molar-refractivity contribution in [1.82, 2.24) is 15.2 Å². The van der Waals surface area contributed by atoms with Gasteiger partial charge in [-0.2, -0.15) is 0 Å². The summed E-state index contributed by atoms with van der Waals surface area (Å²) in [5, 5.41) is 4.05. The van der Waals surface area contributed by atoms with Gasteiger partial charge in [0.25, 0.3) is 11.1 Å². The second-order valence-electron chi connectivity index (χ2n) is 8.67. The minimum atomic E-state index is -0.540. The largest absolute Gasteiger partial charge is 0.474 e. The first-order valence-electron chi connectivity index (χ1n) is 11.6. The Kier molecular flexibility index (Phi) is 6.64. The van der Waals surface area contributed by atoms with E-state index >= 15 is 4.39 Å². The van der Waals surface area contributed by atoms with Crippen molar-refractivity contribution in [2.75, 3.05) is 56.2 Å². The normalized spacial score (nSPS) is 17.9. The molecule has 2 saturated heterocycles. The molecule has 2 amide bonds. The fourth-order valence-electron chi connectivity index (χ4n) is 4.54. The van der Waals surface area contributed by atoms with E-state index in [4.69, 9.17) is 21.7 Å². The van der Waals surface area contributed by atoms with E-state index in [1.54, 1.807) is 17.0 Å². The molecule has 3 heterocycles. The highest BCUT2D eigenvalue weighted by Gasteiger charge is 2.33. The number of methoxy groups -OCH3 is 1. The summed E-state index contributed by atoms with van der Waals surface area (Å²) < 4.78 is 25.3. The zero-order valence-electron chi connectivity index (χ0n) is 19.7. The lowest BCUT2D eigenvalue weighted by atomic mass is 10.2. The molecule has 11 heteroatoms. The molecule has 0 spiro atoms. The van der Waals surface area contributed by atoms with Gasteiger partial charge in [0.15, 0.2) is 0 Å². The first kappa shape index (κ1) is 23.9. The number of H-pyrrole nitrogens is 1. The maximum Gasteiger partial charge on any atom is 0.414 e. The molecule has 2 aliphatic rings. The smallest absolute Gasteiger partial charge is 0.414 e. The summed E-state index contributed by atoms with van der Waals surface area (Å²) in [6.07, 6.45) is -0.974. The summed E-state index contributed by atoms with van der Waals surface area (Å²) in [6, 6.07) is 14.3. The third-order valence-electron chi connectivity index (χ3n) is 6.44. The van der Waals surface area contributed by atoms with Crippen molar-refractivity contribution in [3.05, 3.63) is 60.0 Å². The summed E-state index contributed by atoms with van der Waals surface area (Å²) in [5.74, 6) is -0.498. The molecule has 188 valence electrons. The molecule has 0 unspecified atom stereocenters. The van der Waals surface area contributed by atoms with Crippen LogP contribution >= 0.6 is 12.2 Å². The third-order valence-corrected chi connectivity index (χ3v) is 6.76. The SMILES string of the molecule is COC(=S)NC[C@H]1CN(c2ccc(N3CCN(C(=O)c4cc5ccccc5[nH]4)CC3)c(F)c2)C(=O)O1. The van der Waals surface area contributed by atoms with Crippen LogP contribution in [0.5, 0.6) is 0 Å². The fourth-order valence-corrected chi connectivity index (χ4v) is 4.62. The van der Waals surface area contributed by atoms with Crippen molar-refractivity contribution in [1.29, 1.82) is 0 Å². The summed E-state index contributed by atoms with van der Waals surface area (Å²) in [7, 11) is 1.45. The van der Waals surface area contributed by atoms with E-state index < -0.39 is 18.0 Å². The predicted molar refractivity (Wildman–Crippen MR) is 138 cm³/mol. The van der Waals surface area contributed by atoms with Crippen LogP contribution in [0.4, 0.5) is 20.6 Å². The number of aromatic nitrogens is 1. The standard InChI is InChI=1S/C25H26FN5O4S/c1-34-24(36)27-14-18-15-31(25(33)35-18)17-6-7-22(19(26)13-17)29-8-10-30(11-9-29)23(32)21-12-16-4-2-3-5-20(16)28-21/h2-7,12-13,18,28H,8-11,14-15H2,1H3,(H,27,36)/t18-/m0/s1. The zero-order valence-corrected chi connectivity index (χ0v) is 20.5. The van der Waals surface area contributed by atoms with E-state index in [1.165, 1.54) is 18.1 Å². The molecule has 1 aromatic heterocycles. The van der Waals surface area contributed by atoms with Crippen LogP contribution in [0.2, 0.25) is 0 Å². The van der Waals surface area contributed by atoms with E-state index in [0.29, 0.717) is 49.8 Å². The number of halogens is 1. The Morgan fingerprint density at radius 1 is 1.19 bits per heavy atom. The number of nitrogens with one attached hydrogen (secondary N) is 2. The number of benzene rings is 2. The number of fused-ring (bicyclic) bond motifs is 1. The van der Waals surface area contributed by atoms with Crippen molar-refractivity contribution >= 4 is 51.7 Å². The Bertz CT molecular complexity index is 1270. The van der Waals surface area contributed by atoms with Gasteiger partial charge >= 0.3 is 6.09 Å². The van der Waals surface area contributed by atoms with Crippen LogP contribution in [0.1, 0.15) is 10.5 Å². The van der Waals surface area contributed by atoms with Crippen LogP contribution in [0, 0.1) is 5.82 Å². The number of hydrogen-bond donors (Lipinski definition) is 2. The second kappa shape index (κ2) is 10.0. The quantitative estimate of drug-likeness (QED) is 0.509. The number of carbonyl (C=O) groups excluding carboxylic acids is 2. The molecule has 2 fully saturated rings. The molecule has 5 rings (SSSR count). The van der Waals surface area contributed by atoms with Gasteiger partial charge in [0.05, 0.1) is 31.6 Å². The molecular weight excluding hydrogens is 485 g/mol. The molecule has 0 saturated carbocycles. The van der Waals surface area contributed by atoms with Crippen LogP contribution in [0.3, 0.4) is 0 Å². The number of aromatic amines is 1.